The molecular formula is C13H14N3O3P. The predicted molar refractivity (Wildman–Crippen MR) is 70.9 cm³/mol. The highest BCUT2D eigenvalue weighted by Gasteiger charge is 2.44. The van der Waals surface area contributed by atoms with Gasteiger partial charge in [0, 0.05) is 6.42 Å². The van der Waals surface area contributed by atoms with Gasteiger partial charge in [-0.15, -0.1) is 0 Å². The molecule has 0 aliphatic heterocycles. The van der Waals surface area contributed by atoms with E-state index in [1.54, 1.807) is 13.8 Å². The van der Waals surface area contributed by atoms with Gasteiger partial charge in [0.05, 0.1) is 42.3 Å². The molecule has 1 aliphatic rings. The minimum absolute atomic E-state index is 0.00181. The van der Waals surface area contributed by atoms with E-state index in [4.69, 9.17) is 9.05 Å². The summed E-state index contributed by atoms with van der Waals surface area (Å²) < 4.78 is 23.1. The molecule has 0 unspecified atom stereocenters. The maximum atomic E-state index is 12.7. The number of hydrogen-bond acceptors (Lipinski definition) is 6. The summed E-state index contributed by atoms with van der Waals surface area (Å²) in [6.45, 7) is 3.54. The van der Waals surface area contributed by atoms with Crippen molar-refractivity contribution in [1.82, 2.24) is 0 Å². The summed E-state index contributed by atoms with van der Waals surface area (Å²) >= 11 is 0. The summed E-state index contributed by atoms with van der Waals surface area (Å²) in [4.78, 5) is 0. The molecule has 0 saturated heterocycles. The molecule has 0 N–H and O–H groups in total. The van der Waals surface area contributed by atoms with Gasteiger partial charge in [0.2, 0.25) is 0 Å². The first-order valence-electron chi connectivity index (χ1n) is 6.07. The monoisotopic (exact) mass is 291 g/mol. The molecule has 7 heteroatoms. The van der Waals surface area contributed by atoms with Crippen LogP contribution in [0.5, 0.6) is 0 Å². The van der Waals surface area contributed by atoms with E-state index < -0.39 is 13.0 Å². The minimum Gasteiger partial charge on any atom is -0.305 e. The quantitative estimate of drug-likeness (QED) is 0.720. The standard InChI is InChI=1S/C13H14N3O3P/c1-3-18-20(17,19-4-2)12-6-5-7-13(9-15,10-16)11(12)8-14/h5-6H,3-4,7H2,1-2H3. The number of nitrogens with zero attached hydrogens (tertiary/aromatic N) is 3. The average molecular weight is 291 g/mol. The number of allylic oxidation sites excluding steroid dienone is 4. The van der Waals surface area contributed by atoms with Crippen LogP contribution in [0.4, 0.5) is 0 Å². The summed E-state index contributed by atoms with van der Waals surface area (Å²) in [5.41, 5.74) is -1.79. The second-order valence-corrected chi connectivity index (χ2v) is 5.93. The fraction of sp³-hybridized carbons (Fsp3) is 0.462. The van der Waals surface area contributed by atoms with E-state index in [-0.39, 0.29) is 30.5 Å². The zero-order valence-corrected chi connectivity index (χ0v) is 12.2. The Balaban J connectivity index is 3.54. The van der Waals surface area contributed by atoms with Crippen molar-refractivity contribution in [2.24, 2.45) is 5.41 Å². The summed E-state index contributed by atoms with van der Waals surface area (Å²) in [5, 5.41) is 27.7. The zero-order chi connectivity index (χ0) is 15.2. The third-order valence-corrected chi connectivity index (χ3v) is 4.93. The van der Waals surface area contributed by atoms with Gasteiger partial charge in [-0.2, -0.15) is 15.8 Å². The zero-order valence-electron chi connectivity index (χ0n) is 11.3. The molecule has 104 valence electrons. The van der Waals surface area contributed by atoms with Crippen molar-refractivity contribution in [3.8, 4) is 18.2 Å². The average Bonchev–Trinajstić information content (AvgIpc) is 2.46. The van der Waals surface area contributed by atoms with Crippen LogP contribution in [0.2, 0.25) is 0 Å². The number of nitriles is 3. The van der Waals surface area contributed by atoms with Crippen LogP contribution in [0.15, 0.2) is 23.0 Å². The van der Waals surface area contributed by atoms with Crippen molar-refractivity contribution in [3.63, 3.8) is 0 Å². The maximum absolute atomic E-state index is 12.7. The molecule has 1 rings (SSSR count). The third-order valence-electron chi connectivity index (χ3n) is 2.77. The van der Waals surface area contributed by atoms with Crippen LogP contribution < -0.4 is 0 Å². The van der Waals surface area contributed by atoms with E-state index in [0.29, 0.717) is 0 Å². The van der Waals surface area contributed by atoms with Gasteiger partial charge < -0.3 is 9.05 Å². The summed E-state index contributed by atoms with van der Waals surface area (Å²) in [7, 11) is -3.71. The molecule has 0 fully saturated rings. The first kappa shape index (κ1) is 16.2. The third kappa shape index (κ3) is 2.67. The highest BCUT2D eigenvalue weighted by atomic mass is 31.2. The van der Waals surface area contributed by atoms with Crippen molar-refractivity contribution < 1.29 is 13.6 Å². The van der Waals surface area contributed by atoms with Gasteiger partial charge in [-0.05, 0) is 19.9 Å². The molecule has 0 aromatic carbocycles. The van der Waals surface area contributed by atoms with E-state index in [0.717, 1.165) is 0 Å². The largest absolute Gasteiger partial charge is 0.362 e. The van der Waals surface area contributed by atoms with Crippen LogP contribution in [0.25, 0.3) is 0 Å². The van der Waals surface area contributed by atoms with Crippen LogP contribution in [0.3, 0.4) is 0 Å². The van der Waals surface area contributed by atoms with Gasteiger partial charge >= 0.3 is 7.60 Å². The molecule has 0 radical (unpaired) electrons. The Hall–Kier alpha value is -1.90. The molecule has 6 nitrogen and oxygen atoms in total. The topological polar surface area (TPSA) is 107 Å². The Labute approximate surface area is 118 Å². The van der Waals surface area contributed by atoms with E-state index >= 15 is 0 Å². The van der Waals surface area contributed by atoms with E-state index in [1.807, 2.05) is 18.2 Å². The van der Waals surface area contributed by atoms with Crippen molar-refractivity contribution in [2.75, 3.05) is 13.2 Å². The van der Waals surface area contributed by atoms with Crippen molar-refractivity contribution in [1.29, 1.82) is 15.8 Å². The normalized spacial score (nSPS) is 17.1. The molecule has 0 bridgehead atoms. The first-order chi connectivity index (χ1) is 9.53. The van der Waals surface area contributed by atoms with Crippen LogP contribution in [-0.4, -0.2) is 13.2 Å². The molecule has 20 heavy (non-hydrogen) atoms. The SMILES string of the molecule is CCOP(=O)(OCC)C1=C(C#N)C(C#N)(C#N)CC=C1. The van der Waals surface area contributed by atoms with Crippen LogP contribution in [0.1, 0.15) is 20.3 Å². The van der Waals surface area contributed by atoms with Gasteiger partial charge in [-0.3, -0.25) is 4.57 Å². The molecule has 0 aromatic heterocycles. The molecule has 0 saturated carbocycles. The molecule has 0 heterocycles. The fourth-order valence-corrected chi connectivity index (χ4v) is 3.71. The molecular weight excluding hydrogens is 277 g/mol. The van der Waals surface area contributed by atoms with E-state index in [2.05, 4.69) is 0 Å². The fourth-order valence-electron chi connectivity index (χ4n) is 1.88. The molecule has 0 spiro atoms. The molecule has 0 amide bonds. The second-order valence-electron chi connectivity index (χ2n) is 3.94. The maximum Gasteiger partial charge on any atom is 0.362 e. The van der Waals surface area contributed by atoms with Gasteiger partial charge in [0.25, 0.3) is 0 Å². The van der Waals surface area contributed by atoms with E-state index in [9.17, 15) is 20.4 Å². The van der Waals surface area contributed by atoms with Gasteiger partial charge in [0.15, 0.2) is 5.41 Å². The lowest BCUT2D eigenvalue weighted by atomic mass is 9.78. The van der Waals surface area contributed by atoms with Gasteiger partial charge in [-0.1, -0.05) is 6.08 Å². The lowest BCUT2D eigenvalue weighted by Gasteiger charge is -2.26. The smallest absolute Gasteiger partial charge is 0.305 e. The number of hydrogen-bond donors (Lipinski definition) is 0. The first-order valence-corrected chi connectivity index (χ1v) is 7.61. The number of rotatable bonds is 5. The molecule has 0 atom stereocenters. The van der Waals surface area contributed by atoms with Gasteiger partial charge in [0.1, 0.15) is 0 Å². The van der Waals surface area contributed by atoms with Crippen LogP contribution in [0, 0.1) is 39.4 Å². The second kappa shape index (κ2) is 6.51. The lowest BCUT2D eigenvalue weighted by molar-refractivity contribution is 0.226. The molecule has 0 aromatic rings. The predicted octanol–water partition coefficient (Wildman–Crippen LogP) is 3.02. The van der Waals surface area contributed by atoms with Crippen molar-refractivity contribution in [3.05, 3.63) is 23.0 Å². The summed E-state index contributed by atoms with van der Waals surface area (Å²) in [6.07, 6.45) is 3.05. The Kier molecular flexibility index (Phi) is 5.26. The van der Waals surface area contributed by atoms with Crippen LogP contribution >= 0.6 is 7.60 Å². The van der Waals surface area contributed by atoms with Gasteiger partial charge in [-0.25, -0.2) is 0 Å². The molecule has 1 aliphatic carbocycles. The Bertz CT molecular complexity index is 592. The highest BCUT2D eigenvalue weighted by molar-refractivity contribution is 7.58. The minimum atomic E-state index is -3.71. The Morgan fingerprint density at radius 1 is 1.25 bits per heavy atom. The highest BCUT2D eigenvalue weighted by Crippen LogP contribution is 2.60. The summed E-state index contributed by atoms with van der Waals surface area (Å²) in [5.74, 6) is 0. The van der Waals surface area contributed by atoms with E-state index in [1.165, 1.54) is 12.2 Å². The van der Waals surface area contributed by atoms with Crippen molar-refractivity contribution >= 4 is 7.60 Å². The van der Waals surface area contributed by atoms with Crippen molar-refractivity contribution in [2.45, 2.75) is 20.3 Å². The lowest BCUT2D eigenvalue weighted by Crippen LogP contribution is -2.22. The summed E-state index contributed by atoms with van der Waals surface area (Å²) in [6, 6.07) is 5.48. The van der Waals surface area contributed by atoms with Crippen LogP contribution in [-0.2, 0) is 13.6 Å². The Morgan fingerprint density at radius 3 is 2.20 bits per heavy atom. The Morgan fingerprint density at radius 2 is 1.80 bits per heavy atom.